The minimum Gasteiger partial charge on any atom is -0.469 e. The van der Waals surface area contributed by atoms with Gasteiger partial charge in [-0.2, -0.15) is 12.7 Å². The number of rotatable bonds is 6. The van der Waals surface area contributed by atoms with Gasteiger partial charge in [0, 0.05) is 13.1 Å². The second-order valence-electron chi connectivity index (χ2n) is 4.04. The van der Waals surface area contributed by atoms with E-state index in [0.717, 1.165) is 4.31 Å². The highest BCUT2D eigenvalue weighted by atomic mass is 32.2. The first-order valence-electron chi connectivity index (χ1n) is 5.61. The van der Waals surface area contributed by atoms with Gasteiger partial charge in [0.1, 0.15) is 6.61 Å². The van der Waals surface area contributed by atoms with Gasteiger partial charge in [-0.25, -0.2) is 0 Å². The van der Waals surface area contributed by atoms with Crippen molar-refractivity contribution in [2.75, 3.05) is 26.8 Å². The number of primary amides is 1. The predicted octanol–water partition coefficient (Wildman–Crippen LogP) is -1.88. The van der Waals surface area contributed by atoms with Crippen molar-refractivity contribution >= 4 is 22.1 Å². The van der Waals surface area contributed by atoms with Crippen molar-refractivity contribution in [2.45, 2.75) is 12.8 Å². The standard InChI is InChI=1S/C9H17N3O6S/c1-17-9(14)7-2-4-12(5-3-7)19(15,16)11-18-6-8(10)13/h7,11H,2-6H2,1H3,(H2,10,13). The molecule has 0 aromatic rings. The Morgan fingerprint density at radius 1 is 1.37 bits per heavy atom. The molecule has 1 saturated heterocycles. The number of ether oxygens (including phenoxy) is 1. The highest BCUT2D eigenvalue weighted by Crippen LogP contribution is 2.19. The summed E-state index contributed by atoms with van der Waals surface area (Å²) < 4.78 is 29.2. The molecule has 0 aliphatic carbocycles. The van der Waals surface area contributed by atoms with E-state index < -0.39 is 22.7 Å². The van der Waals surface area contributed by atoms with Crippen LogP contribution in [0, 0.1) is 5.92 Å². The van der Waals surface area contributed by atoms with Gasteiger partial charge >= 0.3 is 16.2 Å². The number of hydrogen-bond donors (Lipinski definition) is 2. The third-order valence-electron chi connectivity index (χ3n) is 2.71. The van der Waals surface area contributed by atoms with Crippen LogP contribution in [-0.4, -0.2) is 51.4 Å². The van der Waals surface area contributed by atoms with Gasteiger partial charge in [-0.05, 0) is 12.8 Å². The summed E-state index contributed by atoms with van der Waals surface area (Å²) >= 11 is 0. The summed E-state index contributed by atoms with van der Waals surface area (Å²) in [6.07, 6.45) is 0.757. The molecule has 1 aliphatic rings. The summed E-state index contributed by atoms with van der Waals surface area (Å²) in [7, 11) is -2.54. The minimum atomic E-state index is -3.83. The Hall–Kier alpha value is -1.23. The van der Waals surface area contributed by atoms with Crippen LogP contribution in [0.1, 0.15) is 12.8 Å². The van der Waals surface area contributed by atoms with Crippen LogP contribution >= 0.6 is 0 Å². The van der Waals surface area contributed by atoms with E-state index in [4.69, 9.17) is 5.73 Å². The van der Waals surface area contributed by atoms with Crippen LogP contribution in [-0.2, 0) is 29.4 Å². The molecular formula is C9H17N3O6S. The van der Waals surface area contributed by atoms with Crippen molar-refractivity contribution in [1.82, 2.24) is 9.19 Å². The van der Waals surface area contributed by atoms with Crippen molar-refractivity contribution in [2.24, 2.45) is 11.7 Å². The molecule has 1 rings (SSSR count). The Kier molecular flexibility index (Phi) is 5.66. The van der Waals surface area contributed by atoms with E-state index in [1.165, 1.54) is 7.11 Å². The molecule has 10 heteroatoms. The van der Waals surface area contributed by atoms with E-state index >= 15 is 0 Å². The van der Waals surface area contributed by atoms with Crippen LogP contribution in [0.3, 0.4) is 0 Å². The van der Waals surface area contributed by atoms with E-state index in [1.807, 2.05) is 0 Å². The quantitative estimate of drug-likeness (QED) is 0.436. The van der Waals surface area contributed by atoms with Crippen molar-refractivity contribution in [3.63, 3.8) is 0 Å². The smallest absolute Gasteiger partial charge is 0.308 e. The second kappa shape index (κ2) is 6.80. The third-order valence-corrected chi connectivity index (χ3v) is 4.08. The summed E-state index contributed by atoms with van der Waals surface area (Å²) in [6.45, 7) is -0.193. The molecule has 3 N–H and O–H groups in total. The predicted molar refractivity (Wildman–Crippen MR) is 63.5 cm³/mol. The summed E-state index contributed by atoms with van der Waals surface area (Å²) in [4.78, 5) is 28.0. The lowest BCUT2D eigenvalue weighted by Crippen LogP contribution is -2.46. The highest BCUT2D eigenvalue weighted by molar-refractivity contribution is 7.87. The van der Waals surface area contributed by atoms with E-state index in [0.29, 0.717) is 12.8 Å². The number of hydrogen-bond acceptors (Lipinski definition) is 6. The molecule has 1 fully saturated rings. The molecule has 0 radical (unpaired) electrons. The van der Waals surface area contributed by atoms with Gasteiger partial charge in [-0.3, -0.25) is 14.4 Å². The maximum absolute atomic E-state index is 11.7. The maximum atomic E-state index is 11.7. The fourth-order valence-electron chi connectivity index (χ4n) is 1.73. The summed E-state index contributed by atoms with van der Waals surface area (Å²) in [5.74, 6) is -1.41. The Labute approximate surface area is 111 Å². The number of nitrogens with zero attached hydrogens (tertiary/aromatic N) is 1. The fraction of sp³-hybridized carbons (Fsp3) is 0.778. The average molecular weight is 295 g/mol. The number of amides is 1. The van der Waals surface area contributed by atoms with Crippen LogP contribution in [0.5, 0.6) is 0 Å². The first-order valence-corrected chi connectivity index (χ1v) is 7.05. The van der Waals surface area contributed by atoms with Crippen molar-refractivity contribution < 1.29 is 27.6 Å². The maximum Gasteiger partial charge on any atom is 0.308 e. The SMILES string of the molecule is COC(=O)C1CCN(S(=O)(=O)NOCC(N)=O)CC1. The molecule has 0 spiro atoms. The molecule has 1 amide bonds. The first kappa shape index (κ1) is 15.8. The Morgan fingerprint density at radius 3 is 2.42 bits per heavy atom. The molecule has 0 aromatic carbocycles. The molecule has 0 saturated carbocycles. The zero-order valence-corrected chi connectivity index (χ0v) is 11.3. The Balaban J connectivity index is 2.45. The van der Waals surface area contributed by atoms with Crippen LogP contribution in [0.4, 0.5) is 0 Å². The highest BCUT2D eigenvalue weighted by Gasteiger charge is 2.31. The van der Waals surface area contributed by atoms with Crippen LogP contribution < -0.4 is 10.6 Å². The Bertz CT molecular complexity index is 429. The van der Waals surface area contributed by atoms with Gasteiger partial charge in [0.15, 0.2) is 0 Å². The molecule has 1 heterocycles. The fourth-order valence-corrected chi connectivity index (χ4v) is 2.73. The number of carbonyl (C=O) groups is 2. The normalized spacial score (nSPS) is 18.2. The first-order chi connectivity index (χ1) is 8.86. The molecule has 0 unspecified atom stereocenters. The number of carbonyl (C=O) groups excluding carboxylic acids is 2. The van der Waals surface area contributed by atoms with Gasteiger partial charge in [-0.1, -0.05) is 4.89 Å². The lowest BCUT2D eigenvalue weighted by molar-refractivity contribution is -0.146. The molecule has 0 atom stereocenters. The van der Waals surface area contributed by atoms with E-state index in [2.05, 4.69) is 9.57 Å². The van der Waals surface area contributed by atoms with E-state index in [1.54, 1.807) is 4.89 Å². The molecule has 19 heavy (non-hydrogen) atoms. The van der Waals surface area contributed by atoms with Gasteiger partial charge in [0.05, 0.1) is 13.0 Å². The molecule has 0 aromatic heterocycles. The minimum absolute atomic E-state index is 0.176. The summed E-state index contributed by atoms with van der Waals surface area (Å²) in [5, 5.41) is 0. The van der Waals surface area contributed by atoms with Gasteiger partial charge < -0.3 is 10.5 Å². The monoisotopic (exact) mass is 295 g/mol. The molecule has 0 bridgehead atoms. The molecule has 9 nitrogen and oxygen atoms in total. The lowest BCUT2D eigenvalue weighted by atomic mass is 9.99. The number of piperidine rings is 1. The van der Waals surface area contributed by atoms with Crippen molar-refractivity contribution in [3.8, 4) is 0 Å². The van der Waals surface area contributed by atoms with Crippen LogP contribution in [0.15, 0.2) is 0 Å². The Morgan fingerprint density at radius 2 is 1.95 bits per heavy atom. The van der Waals surface area contributed by atoms with Gasteiger partial charge in [0.2, 0.25) is 5.91 Å². The number of esters is 1. The van der Waals surface area contributed by atoms with E-state index in [9.17, 15) is 18.0 Å². The molecule has 1 aliphatic heterocycles. The average Bonchev–Trinajstić information content (AvgIpc) is 2.37. The lowest BCUT2D eigenvalue weighted by Gasteiger charge is -2.29. The second-order valence-corrected chi connectivity index (χ2v) is 5.67. The number of nitrogens with two attached hydrogens (primary N) is 1. The van der Waals surface area contributed by atoms with Gasteiger partial charge in [0.25, 0.3) is 0 Å². The largest absolute Gasteiger partial charge is 0.469 e. The number of methoxy groups -OCH3 is 1. The van der Waals surface area contributed by atoms with E-state index in [-0.39, 0.29) is 25.0 Å². The van der Waals surface area contributed by atoms with Gasteiger partial charge in [-0.15, -0.1) is 0 Å². The summed E-state index contributed by atoms with van der Waals surface area (Å²) in [6, 6.07) is 0. The van der Waals surface area contributed by atoms with Crippen LogP contribution in [0.25, 0.3) is 0 Å². The zero-order valence-electron chi connectivity index (χ0n) is 10.5. The molecular weight excluding hydrogens is 278 g/mol. The number of nitrogens with one attached hydrogen (secondary N) is 1. The topological polar surface area (TPSA) is 128 Å². The molecule has 110 valence electrons. The third kappa shape index (κ3) is 4.74. The zero-order chi connectivity index (χ0) is 14.5. The van der Waals surface area contributed by atoms with Crippen LogP contribution in [0.2, 0.25) is 0 Å². The van der Waals surface area contributed by atoms with Crippen molar-refractivity contribution in [1.29, 1.82) is 0 Å². The van der Waals surface area contributed by atoms with Crippen molar-refractivity contribution in [3.05, 3.63) is 0 Å². The summed E-state index contributed by atoms with van der Waals surface area (Å²) in [5.41, 5.74) is 4.80.